The van der Waals surface area contributed by atoms with Crippen molar-refractivity contribution in [3.63, 3.8) is 0 Å². The van der Waals surface area contributed by atoms with Gasteiger partial charge in [0.2, 0.25) is 0 Å². The number of hydrogen-bond donors (Lipinski definition) is 1. The number of aromatic amines is 1. The van der Waals surface area contributed by atoms with Gasteiger partial charge in [0.25, 0.3) is 0 Å². The molecular formula is C8H7ClN2S. The first kappa shape index (κ1) is 7.95. The third-order valence-corrected chi connectivity index (χ3v) is 2.65. The predicted molar refractivity (Wildman–Crippen MR) is 52.5 cm³/mol. The number of rotatable bonds is 1. The maximum absolute atomic E-state index is 5.62. The highest BCUT2D eigenvalue weighted by atomic mass is 35.7. The van der Waals surface area contributed by atoms with Gasteiger partial charge in [0, 0.05) is 16.4 Å². The van der Waals surface area contributed by atoms with Crippen LogP contribution in [0.2, 0.25) is 0 Å². The summed E-state index contributed by atoms with van der Waals surface area (Å²) in [5, 5.41) is 8.91. The second-order valence-corrected chi connectivity index (χ2v) is 3.66. The molecule has 0 saturated carbocycles. The molecule has 0 amide bonds. The quantitative estimate of drug-likeness (QED) is 0.763. The minimum Gasteiger partial charge on any atom is -0.277 e. The molecule has 62 valence electrons. The first-order valence-corrected chi connectivity index (χ1v) is 5.19. The summed E-state index contributed by atoms with van der Waals surface area (Å²) < 4.78 is 0. The summed E-state index contributed by atoms with van der Waals surface area (Å²) in [6.45, 7) is 2.05. The van der Waals surface area contributed by atoms with E-state index in [4.69, 9.17) is 10.7 Å². The minimum absolute atomic E-state index is 0.840. The Morgan fingerprint density at radius 2 is 2.33 bits per heavy atom. The van der Waals surface area contributed by atoms with Crippen molar-refractivity contribution in [1.29, 1.82) is 0 Å². The van der Waals surface area contributed by atoms with Crippen LogP contribution in [0.4, 0.5) is 0 Å². The molecule has 0 saturated heterocycles. The molecule has 0 aliphatic carbocycles. The van der Waals surface area contributed by atoms with Gasteiger partial charge in [-0.2, -0.15) is 5.10 Å². The van der Waals surface area contributed by atoms with Crippen LogP contribution in [0.25, 0.3) is 10.9 Å². The molecule has 0 unspecified atom stereocenters. The monoisotopic (exact) mass is 198 g/mol. The van der Waals surface area contributed by atoms with Crippen molar-refractivity contribution < 1.29 is 0 Å². The van der Waals surface area contributed by atoms with Crippen LogP contribution in [-0.4, -0.2) is 10.2 Å². The molecule has 0 bridgehead atoms. The fourth-order valence-corrected chi connectivity index (χ4v) is 1.86. The molecule has 0 radical (unpaired) electrons. The molecule has 0 atom stereocenters. The Labute approximate surface area is 78.8 Å². The van der Waals surface area contributed by atoms with Crippen molar-refractivity contribution in [2.75, 3.05) is 0 Å². The van der Waals surface area contributed by atoms with E-state index in [-0.39, 0.29) is 0 Å². The average molecular weight is 199 g/mol. The molecule has 1 N–H and O–H groups in total. The lowest BCUT2D eigenvalue weighted by atomic mass is 10.2. The SMILES string of the molecule is Cc1ccc2c(SCl)n[nH]c2c1. The van der Waals surface area contributed by atoms with Crippen LogP contribution in [0, 0.1) is 6.92 Å². The maximum atomic E-state index is 5.62. The van der Waals surface area contributed by atoms with Gasteiger partial charge in [0.1, 0.15) is 5.03 Å². The fraction of sp³-hybridized carbons (Fsp3) is 0.125. The van der Waals surface area contributed by atoms with Crippen molar-refractivity contribution in [2.45, 2.75) is 11.9 Å². The third kappa shape index (κ3) is 1.19. The average Bonchev–Trinajstić information content (AvgIpc) is 2.46. The number of halogens is 1. The fourth-order valence-electron chi connectivity index (χ4n) is 1.17. The summed E-state index contributed by atoms with van der Waals surface area (Å²) in [5.41, 5.74) is 2.26. The molecular weight excluding hydrogens is 192 g/mol. The van der Waals surface area contributed by atoms with Gasteiger partial charge in [-0.1, -0.05) is 6.07 Å². The van der Waals surface area contributed by atoms with Crippen molar-refractivity contribution in [3.05, 3.63) is 23.8 Å². The van der Waals surface area contributed by atoms with Crippen LogP contribution in [0.3, 0.4) is 0 Å². The molecule has 4 heteroatoms. The molecule has 1 heterocycles. The summed E-state index contributed by atoms with van der Waals surface area (Å²) in [4.78, 5) is 0. The predicted octanol–water partition coefficient (Wildman–Crippen LogP) is 3.12. The lowest BCUT2D eigenvalue weighted by Gasteiger charge is -1.91. The van der Waals surface area contributed by atoms with Gasteiger partial charge in [0.05, 0.1) is 5.52 Å². The highest BCUT2D eigenvalue weighted by molar-refractivity contribution is 8.21. The van der Waals surface area contributed by atoms with Crippen molar-refractivity contribution >= 4 is 32.6 Å². The highest BCUT2D eigenvalue weighted by Crippen LogP contribution is 2.27. The normalized spacial score (nSPS) is 10.8. The molecule has 0 fully saturated rings. The van der Waals surface area contributed by atoms with Gasteiger partial charge >= 0.3 is 0 Å². The number of hydrogen-bond acceptors (Lipinski definition) is 2. The van der Waals surface area contributed by atoms with Crippen LogP contribution in [0.1, 0.15) is 5.56 Å². The van der Waals surface area contributed by atoms with E-state index in [0.717, 1.165) is 26.9 Å². The first-order valence-electron chi connectivity index (χ1n) is 3.54. The van der Waals surface area contributed by atoms with E-state index in [1.165, 1.54) is 5.56 Å². The van der Waals surface area contributed by atoms with E-state index in [2.05, 4.69) is 22.3 Å². The van der Waals surface area contributed by atoms with Gasteiger partial charge in [-0.05, 0) is 35.3 Å². The highest BCUT2D eigenvalue weighted by Gasteiger charge is 2.03. The van der Waals surface area contributed by atoms with Gasteiger partial charge in [-0.25, -0.2) is 0 Å². The molecule has 0 aliphatic heterocycles. The Bertz CT molecular complexity index is 410. The number of fused-ring (bicyclic) bond motifs is 1. The largest absolute Gasteiger partial charge is 0.277 e. The van der Waals surface area contributed by atoms with E-state index in [1.807, 2.05) is 13.0 Å². The van der Waals surface area contributed by atoms with E-state index in [1.54, 1.807) is 0 Å². The molecule has 0 spiro atoms. The van der Waals surface area contributed by atoms with Crippen molar-refractivity contribution in [3.8, 4) is 0 Å². The zero-order chi connectivity index (χ0) is 8.55. The van der Waals surface area contributed by atoms with E-state index < -0.39 is 0 Å². The van der Waals surface area contributed by atoms with Crippen LogP contribution in [0.5, 0.6) is 0 Å². The molecule has 12 heavy (non-hydrogen) atoms. The second kappa shape index (κ2) is 2.99. The number of H-pyrrole nitrogens is 1. The van der Waals surface area contributed by atoms with Gasteiger partial charge < -0.3 is 0 Å². The molecule has 2 aromatic rings. The van der Waals surface area contributed by atoms with Crippen LogP contribution < -0.4 is 0 Å². The Balaban J connectivity index is 2.73. The molecule has 2 rings (SSSR count). The molecule has 0 aliphatic rings. The molecule has 2 nitrogen and oxygen atoms in total. The van der Waals surface area contributed by atoms with Gasteiger partial charge in [-0.15, -0.1) is 0 Å². The lowest BCUT2D eigenvalue weighted by molar-refractivity contribution is 1.03. The molecule has 1 aromatic carbocycles. The van der Waals surface area contributed by atoms with Crippen molar-refractivity contribution in [2.24, 2.45) is 0 Å². The van der Waals surface area contributed by atoms with Crippen LogP contribution in [0.15, 0.2) is 23.2 Å². The Morgan fingerprint density at radius 3 is 3.08 bits per heavy atom. The summed E-state index contributed by atoms with van der Waals surface area (Å²) in [6, 6.07) is 6.13. The summed E-state index contributed by atoms with van der Waals surface area (Å²) >= 11 is 0. The minimum atomic E-state index is 0.840. The summed E-state index contributed by atoms with van der Waals surface area (Å²) in [7, 11) is 6.76. The molecule has 1 aromatic heterocycles. The van der Waals surface area contributed by atoms with Crippen LogP contribution >= 0.6 is 21.7 Å². The smallest absolute Gasteiger partial charge is 0.141 e. The standard InChI is InChI=1S/C8H7ClN2S/c1-5-2-3-6-7(4-5)10-11-8(6)12-9/h2-4H,1H3,(H,10,11). The van der Waals surface area contributed by atoms with E-state index in [0.29, 0.717) is 0 Å². The van der Waals surface area contributed by atoms with E-state index >= 15 is 0 Å². The first-order chi connectivity index (χ1) is 5.81. The summed E-state index contributed by atoms with van der Waals surface area (Å²) in [5.74, 6) is 0. The van der Waals surface area contributed by atoms with Gasteiger partial charge in [0.15, 0.2) is 0 Å². The maximum Gasteiger partial charge on any atom is 0.141 e. The lowest BCUT2D eigenvalue weighted by Crippen LogP contribution is -1.71. The summed E-state index contributed by atoms with van der Waals surface area (Å²) in [6.07, 6.45) is 0. The number of benzene rings is 1. The van der Waals surface area contributed by atoms with Crippen molar-refractivity contribution in [1.82, 2.24) is 10.2 Å². The number of nitrogens with zero attached hydrogens (tertiary/aromatic N) is 1. The number of nitrogens with one attached hydrogen (secondary N) is 1. The Kier molecular flexibility index (Phi) is 1.98. The topological polar surface area (TPSA) is 28.7 Å². The Hall–Kier alpha value is -0.670. The van der Waals surface area contributed by atoms with Gasteiger partial charge in [-0.3, -0.25) is 5.10 Å². The third-order valence-electron chi connectivity index (χ3n) is 1.76. The van der Waals surface area contributed by atoms with Crippen LogP contribution in [-0.2, 0) is 0 Å². The number of aryl methyl sites for hydroxylation is 1. The second-order valence-electron chi connectivity index (χ2n) is 2.65. The zero-order valence-electron chi connectivity index (χ0n) is 6.47. The zero-order valence-corrected chi connectivity index (χ0v) is 8.04. The Morgan fingerprint density at radius 1 is 1.50 bits per heavy atom. The number of aromatic nitrogens is 2. The van der Waals surface area contributed by atoms with E-state index in [9.17, 15) is 0 Å².